The fourth-order valence-corrected chi connectivity index (χ4v) is 2.71. The average molecular weight is 312 g/mol. The van der Waals surface area contributed by atoms with Gasteiger partial charge in [-0.25, -0.2) is 4.98 Å². The molecule has 0 bridgehead atoms. The van der Waals surface area contributed by atoms with Crippen molar-refractivity contribution in [2.45, 2.75) is 26.7 Å². The Balaban J connectivity index is 2.11. The predicted octanol–water partition coefficient (Wildman–Crippen LogP) is 5.43. The van der Waals surface area contributed by atoms with Crippen LogP contribution < -0.4 is 0 Å². The number of hydrogen-bond donors (Lipinski definition) is 1. The first kappa shape index (κ1) is 14.8. The van der Waals surface area contributed by atoms with Gasteiger partial charge in [0.05, 0.1) is 11.0 Å². The molecule has 0 saturated heterocycles. The first-order valence-corrected chi connectivity index (χ1v) is 7.74. The van der Waals surface area contributed by atoms with Crippen LogP contribution in [0.3, 0.4) is 0 Å². The summed E-state index contributed by atoms with van der Waals surface area (Å²) in [4.78, 5) is 12.4. The zero-order chi connectivity index (χ0) is 15.7. The normalized spacial score (nSPS) is 11.9. The number of hydrogen-bond acceptors (Lipinski definition) is 2. The number of rotatable bonds is 3. The lowest BCUT2D eigenvalue weighted by atomic mass is 9.97. The van der Waals surface area contributed by atoms with Crippen LogP contribution in [-0.2, 0) is 0 Å². The molecule has 0 atom stereocenters. The lowest BCUT2D eigenvalue weighted by molar-refractivity contribution is 0.860. The molecule has 2 heterocycles. The van der Waals surface area contributed by atoms with E-state index in [0.717, 1.165) is 28.1 Å². The molecule has 0 aliphatic carbocycles. The number of pyridine rings is 1. The zero-order valence-corrected chi connectivity index (χ0v) is 13.6. The second kappa shape index (κ2) is 5.93. The van der Waals surface area contributed by atoms with Crippen LogP contribution in [0, 0.1) is 0 Å². The molecule has 1 aromatic carbocycles. The number of halogens is 1. The van der Waals surface area contributed by atoms with Crippen molar-refractivity contribution in [2.24, 2.45) is 0 Å². The fraction of sp³-hybridized carbons (Fsp3) is 0.222. The summed E-state index contributed by atoms with van der Waals surface area (Å²) in [5.74, 6) is 1.19. The minimum Gasteiger partial charge on any atom is -0.337 e. The number of benzene rings is 1. The highest BCUT2D eigenvalue weighted by Gasteiger charge is 2.11. The van der Waals surface area contributed by atoms with Gasteiger partial charge >= 0.3 is 0 Å². The van der Waals surface area contributed by atoms with Gasteiger partial charge in [0.15, 0.2) is 5.82 Å². The van der Waals surface area contributed by atoms with Crippen LogP contribution >= 0.6 is 11.6 Å². The van der Waals surface area contributed by atoms with Crippen LogP contribution in [0.5, 0.6) is 0 Å². The van der Waals surface area contributed by atoms with Crippen LogP contribution in [-0.4, -0.2) is 15.0 Å². The minimum atomic E-state index is 0.423. The van der Waals surface area contributed by atoms with Gasteiger partial charge in [-0.15, -0.1) is 0 Å². The molecule has 112 valence electrons. The van der Waals surface area contributed by atoms with E-state index in [0.29, 0.717) is 10.9 Å². The van der Waals surface area contributed by atoms with Crippen LogP contribution in [0.2, 0.25) is 5.02 Å². The van der Waals surface area contributed by atoms with E-state index in [1.807, 2.05) is 37.4 Å². The van der Waals surface area contributed by atoms with E-state index in [2.05, 4.69) is 40.9 Å². The zero-order valence-electron chi connectivity index (χ0n) is 12.9. The largest absolute Gasteiger partial charge is 0.337 e. The van der Waals surface area contributed by atoms with Gasteiger partial charge in [0.1, 0.15) is 5.69 Å². The van der Waals surface area contributed by atoms with Crippen LogP contribution in [0.25, 0.3) is 28.6 Å². The fourth-order valence-electron chi connectivity index (χ4n) is 2.53. The summed E-state index contributed by atoms with van der Waals surface area (Å²) in [6.07, 6.45) is 6.03. The van der Waals surface area contributed by atoms with Gasteiger partial charge in [0.2, 0.25) is 0 Å². The SMILES string of the molecule is C/C=C\c1cnc(-c2nc3ccc(Cl)cc3[nH]2)cc1C(C)C. The molecule has 2 aromatic heterocycles. The highest BCUT2D eigenvalue weighted by atomic mass is 35.5. The van der Waals surface area contributed by atoms with Gasteiger partial charge < -0.3 is 4.98 Å². The van der Waals surface area contributed by atoms with E-state index < -0.39 is 0 Å². The Morgan fingerprint density at radius 1 is 1.23 bits per heavy atom. The highest BCUT2D eigenvalue weighted by Crippen LogP contribution is 2.26. The van der Waals surface area contributed by atoms with E-state index in [1.54, 1.807) is 0 Å². The van der Waals surface area contributed by atoms with Crippen molar-refractivity contribution in [1.82, 2.24) is 15.0 Å². The van der Waals surface area contributed by atoms with Gasteiger partial charge in [-0.3, -0.25) is 4.98 Å². The van der Waals surface area contributed by atoms with Crippen molar-refractivity contribution in [3.63, 3.8) is 0 Å². The third-order valence-corrected chi connectivity index (χ3v) is 3.86. The van der Waals surface area contributed by atoms with E-state index in [-0.39, 0.29) is 0 Å². The van der Waals surface area contributed by atoms with Crippen LogP contribution in [0.4, 0.5) is 0 Å². The molecule has 0 aliphatic heterocycles. The van der Waals surface area contributed by atoms with Crippen molar-refractivity contribution in [1.29, 1.82) is 0 Å². The highest BCUT2D eigenvalue weighted by molar-refractivity contribution is 6.31. The number of nitrogens with zero attached hydrogens (tertiary/aromatic N) is 2. The third kappa shape index (κ3) is 2.77. The number of aromatic amines is 1. The molecule has 0 amide bonds. The molecule has 0 fully saturated rings. The van der Waals surface area contributed by atoms with Gasteiger partial charge in [-0.1, -0.05) is 37.6 Å². The summed E-state index contributed by atoms with van der Waals surface area (Å²) in [5.41, 5.74) is 5.09. The molecule has 3 rings (SSSR count). The van der Waals surface area contributed by atoms with E-state index >= 15 is 0 Å². The smallest absolute Gasteiger partial charge is 0.157 e. The molecule has 3 aromatic rings. The molecule has 1 N–H and O–H groups in total. The topological polar surface area (TPSA) is 41.6 Å². The van der Waals surface area contributed by atoms with E-state index in [4.69, 9.17) is 11.6 Å². The van der Waals surface area contributed by atoms with Crippen molar-refractivity contribution in [2.75, 3.05) is 0 Å². The summed E-state index contributed by atoms with van der Waals surface area (Å²) >= 11 is 6.03. The molecular weight excluding hydrogens is 294 g/mol. The maximum absolute atomic E-state index is 6.03. The van der Waals surface area contributed by atoms with Gasteiger partial charge in [0.25, 0.3) is 0 Å². The summed E-state index contributed by atoms with van der Waals surface area (Å²) in [7, 11) is 0. The average Bonchev–Trinajstić information content (AvgIpc) is 2.90. The first-order valence-electron chi connectivity index (χ1n) is 7.36. The van der Waals surface area contributed by atoms with Crippen molar-refractivity contribution in [3.05, 3.63) is 52.7 Å². The number of H-pyrrole nitrogens is 1. The number of fused-ring (bicyclic) bond motifs is 1. The van der Waals surface area contributed by atoms with E-state index in [9.17, 15) is 0 Å². The second-order valence-electron chi connectivity index (χ2n) is 5.60. The number of imidazole rings is 1. The van der Waals surface area contributed by atoms with Crippen LogP contribution in [0.1, 0.15) is 37.8 Å². The molecule has 22 heavy (non-hydrogen) atoms. The summed E-state index contributed by atoms with van der Waals surface area (Å²) < 4.78 is 0. The Labute approximate surface area is 135 Å². The quantitative estimate of drug-likeness (QED) is 0.700. The molecule has 0 saturated carbocycles. The Hall–Kier alpha value is -2.13. The molecule has 0 radical (unpaired) electrons. The Bertz CT molecular complexity index is 847. The maximum atomic E-state index is 6.03. The molecule has 3 nitrogen and oxygen atoms in total. The Kier molecular flexibility index (Phi) is 3.99. The van der Waals surface area contributed by atoms with Crippen molar-refractivity contribution >= 4 is 28.7 Å². The lowest BCUT2D eigenvalue weighted by Crippen LogP contribution is -1.96. The van der Waals surface area contributed by atoms with Gasteiger partial charge in [-0.2, -0.15) is 0 Å². The summed E-state index contributed by atoms with van der Waals surface area (Å²) in [6, 6.07) is 7.75. The van der Waals surface area contributed by atoms with Crippen molar-refractivity contribution < 1.29 is 0 Å². The Morgan fingerprint density at radius 2 is 2.05 bits per heavy atom. The molecule has 0 unspecified atom stereocenters. The number of aromatic nitrogens is 3. The minimum absolute atomic E-state index is 0.423. The van der Waals surface area contributed by atoms with Crippen LogP contribution in [0.15, 0.2) is 36.5 Å². The summed E-state index contributed by atoms with van der Waals surface area (Å²) in [5, 5.41) is 0.696. The number of allylic oxidation sites excluding steroid dienone is 1. The monoisotopic (exact) mass is 311 g/mol. The molecular formula is C18H18ClN3. The number of nitrogens with one attached hydrogen (secondary N) is 1. The molecule has 4 heteroatoms. The lowest BCUT2D eigenvalue weighted by Gasteiger charge is -2.10. The molecule has 0 spiro atoms. The standard InChI is InChI=1S/C18H18ClN3/c1-4-5-12-10-20-17(9-14(12)11(2)3)18-21-15-7-6-13(19)8-16(15)22-18/h4-11H,1-3H3,(H,21,22)/b5-4-. The predicted molar refractivity (Wildman–Crippen MR) is 93.1 cm³/mol. The van der Waals surface area contributed by atoms with E-state index in [1.165, 1.54) is 5.56 Å². The summed E-state index contributed by atoms with van der Waals surface area (Å²) in [6.45, 7) is 6.38. The molecule has 0 aliphatic rings. The van der Waals surface area contributed by atoms with Crippen molar-refractivity contribution in [3.8, 4) is 11.5 Å². The first-order chi connectivity index (χ1) is 10.6. The second-order valence-corrected chi connectivity index (χ2v) is 6.04. The van der Waals surface area contributed by atoms with Gasteiger partial charge in [0, 0.05) is 11.2 Å². The van der Waals surface area contributed by atoms with Gasteiger partial charge in [-0.05, 0) is 48.2 Å². The maximum Gasteiger partial charge on any atom is 0.157 e. The third-order valence-electron chi connectivity index (χ3n) is 3.62. The Morgan fingerprint density at radius 3 is 2.77 bits per heavy atom.